The lowest BCUT2D eigenvalue weighted by molar-refractivity contribution is 0.619. The summed E-state index contributed by atoms with van der Waals surface area (Å²) in [6, 6.07) is 12.0. The van der Waals surface area contributed by atoms with Crippen molar-refractivity contribution in [2.45, 2.75) is 13.3 Å². The van der Waals surface area contributed by atoms with Crippen LogP contribution in [0.5, 0.6) is 0 Å². The van der Waals surface area contributed by atoms with Crippen LogP contribution in [0.4, 0.5) is 0 Å². The van der Waals surface area contributed by atoms with E-state index in [1.54, 1.807) is 6.20 Å². The van der Waals surface area contributed by atoms with Gasteiger partial charge in [-0.3, -0.25) is 0 Å². The fraction of sp³-hybridized carbons (Fsp3) is 0.143. The lowest BCUT2D eigenvalue weighted by Gasteiger charge is -1.97. The SMILES string of the molecule is CCc1ccc(-c2nc3ncccc3o2)cc1. The highest BCUT2D eigenvalue weighted by Crippen LogP contribution is 2.23. The summed E-state index contributed by atoms with van der Waals surface area (Å²) in [4.78, 5) is 8.52. The molecule has 0 N–H and O–H groups in total. The largest absolute Gasteiger partial charge is 0.434 e. The quantitative estimate of drug-likeness (QED) is 0.669. The first-order chi connectivity index (χ1) is 8.36. The van der Waals surface area contributed by atoms with Gasteiger partial charge in [-0.2, -0.15) is 4.98 Å². The van der Waals surface area contributed by atoms with Crippen molar-refractivity contribution in [2.24, 2.45) is 0 Å². The van der Waals surface area contributed by atoms with Gasteiger partial charge in [-0.05, 0) is 36.2 Å². The second-order valence-corrected chi connectivity index (χ2v) is 3.89. The van der Waals surface area contributed by atoms with E-state index in [1.807, 2.05) is 24.3 Å². The van der Waals surface area contributed by atoms with E-state index in [-0.39, 0.29) is 0 Å². The molecule has 0 aliphatic carbocycles. The third kappa shape index (κ3) is 1.80. The van der Waals surface area contributed by atoms with Gasteiger partial charge in [0.25, 0.3) is 0 Å². The summed E-state index contributed by atoms with van der Waals surface area (Å²) in [6.45, 7) is 2.14. The Bertz CT molecular complexity index is 608. The standard InChI is InChI=1S/C14H12N2O/c1-2-10-5-7-11(8-6-10)14-16-13-12(17-14)4-3-9-15-13/h3-9H,2H2,1H3. The highest BCUT2D eigenvalue weighted by atomic mass is 16.3. The lowest BCUT2D eigenvalue weighted by Crippen LogP contribution is -1.81. The average molecular weight is 224 g/mol. The molecule has 2 aromatic heterocycles. The van der Waals surface area contributed by atoms with Gasteiger partial charge in [0, 0.05) is 11.8 Å². The molecule has 0 bridgehead atoms. The van der Waals surface area contributed by atoms with Crippen LogP contribution in [0.15, 0.2) is 47.0 Å². The van der Waals surface area contributed by atoms with Crippen molar-refractivity contribution in [2.75, 3.05) is 0 Å². The second-order valence-electron chi connectivity index (χ2n) is 3.89. The van der Waals surface area contributed by atoms with E-state index in [2.05, 4.69) is 29.0 Å². The third-order valence-electron chi connectivity index (χ3n) is 2.77. The highest BCUT2D eigenvalue weighted by Gasteiger charge is 2.07. The predicted octanol–water partition coefficient (Wildman–Crippen LogP) is 3.45. The van der Waals surface area contributed by atoms with Crippen molar-refractivity contribution in [3.8, 4) is 11.5 Å². The van der Waals surface area contributed by atoms with Crippen molar-refractivity contribution >= 4 is 11.2 Å². The van der Waals surface area contributed by atoms with Crippen LogP contribution in [0.3, 0.4) is 0 Å². The third-order valence-corrected chi connectivity index (χ3v) is 2.77. The van der Waals surface area contributed by atoms with Crippen LogP contribution in [0.25, 0.3) is 22.7 Å². The molecule has 0 saturated carbocycles. The molecule has 3 nitrogen and oxygen atoms in total. The van der Waals surface area contributed by atoms with Gasteiger partial charge >= 0.3 is 0 Å². The zero-order valence-electron chi connectivity index (χ0n) is 9.55. The van der Waals surface area contributed by atoms with E-state index in [4.69, 9.17) is 4.42 Å². The fourth-order valence-electron chi connectivity index (χ4n) is 1.78. The number of hydrogen-bond acceptors (Lipinski definition) is 3. The summed E-state index contributed by atoms with van der Waals surface area (Å²) in [7, 11) is 0. The minimum absolute atomic E-state index is 0.626. The maximum atomic E-state index is 5.65. The van der Waals surface area contributed by atoms with Crippen LogP contribution in [0, 0.1) is 0 Å². The molecule has 1 aromatic carbocycles. The Kier molecular flexibility index (Phi) is 2.37. The average Bonchev–Trinajstić information content (AvgIpc) is 2.82. The zero-order valence-corrected chi connectivity index (χ0v) is 9.55. The number of aryl methyl sites for hydroxylation is 1. The van der Waals surface area contributed by atoms with Crippen LogP contribution in [0.2, 0.25) is 0 Å². The number of rotatable bonds is 2. The van der Waals surface area contributed by atoms with Gasteiger partial charge in [0.2, 0.25) is 5.89 Å². The molecule has 0 spiro atoms. The Morgan fingerprint density at radius 1 is 1.12 bits per heavy atom. The number of fused-ring (bicyclic) bond motifs is 1. The van der Waals surface area contributed by atoms with E-state index >= 15 is 0 Å². The summed E-state index contributed by atoms with van der Waals surface area (Å²) < 4.78 is 5.65. The maximum absolute atomic E-state index is 5.65. The van der Waals surface area contributed by atoms with Crippen LogP contribution in [-0.4, -0.2) is 9.97 Å². The van der Waals surface area contributed by atoms with Crippen molar-refractivity contribution in [1.82, 2.24) is 9.97 Å². The van der Waals surface area contributed by atoms with Crippen LogP contribution < -0.4 is 0 Å². The Morgan fingerprint density at radius 2 is 1.94 bits per heavy atom. The molecule has 0 amide bonds. The van der Waals surface area contributed by atoms with Gasteiger partial charge in [-0.15, -0.1) is 0 Å². The smallest absolute Gasteiger partial charge is 0.228 e. The normalized spacial score (nSPS) is 10.9. The number of benzene rings is 1. The molecule has 0 aliphatic rings. The molecule has 2 heterocycles. The van der Waals surface area contributed by atoms with Crippen molar-refractivity contribution in [1.29, 1.82) is 0 Å². The van der Waals surface area contributed by atoms with Gasteiger partial charge in [0.05, 0.1) is 0 Å². The highest BCUT2D eigenvalue weighted by molar-refractivity contribution is 5.71. The summed E-state index contributed by atoms with van der Waals surface area (Å²) in [5, 5.41) is 0. The molecule has 0 fully saturated rings. The van der Waals surface area contributed by atoms with Crippen LogP contribution in [-0.2, 0) is 6.42 Å². The lowest BCUT2D eigenvalue weighted by atomic mass is 10.1. The zero-order chi connectivity index (χ0) is 11.7. The number of nitrogens with zero attached hydrogens (tertiary/aromatic N) is 2. The molecule has 0 aliphatic heterocycles. The van der Waals surface area contributed by atoms with Gasteiger partial charge < -0.3 is 4.42 Å². The molecule has 3 heteroatoms. The molecule has 84 valence electrons. The van der Waals surface area contributed by atoms with E-state index < -0.39 is 0 Å². The summed E-state index contributed by atoms with van der Waals surface area (Å²) in [5.41, 5.74) is 3.67. The maximum Gasteiger partial charge on any atom is 0.228 e. The Morgan fingerprint density at radius 3 is 2.65 bits per heavy atom. The van der Waals surface area contributed by atoms with E-state index in [9.17, 15) is 0 Å². The molecular weight excluding hydrogens is 212 g/mol. The topological polar surface area (TPSA) is 38.9 Å². The van der Waals surface area contributed by atoms with Crippen molar-refractivity contribution in [3.63, 3.8) is 0 Å². The minimum atomic E-state index is 0.626. The Labute approximate surface area is 99.1 Å². The minimum Gasteiger partial charge on any atom is -0.434 e. The summed E-state index contributed by atoms with van der Waals surface area (Å²) >= 11 is 0. The Hall–Kier alpha value is -2.16. The molecule has 3 aromatic rings. The first-order valence-electron chi connectivity index (χ1n) is 5.67. The van der Waals surface area contributed by atoms with E-state index in [1.165, 1.54) is 5.56 Å². The second kappa shape index (κ2) is 4.01. The molecule has 0 atom stereocenters. The van der Waals surface area contributed by atoms with Gasteiger partial charge in [0.15, 0.2) is 11.2 Å². The first kappa shape index (κ1) is 10.0. The van der Waals surface area contributed by atoms with Crippen molar-refractivity contribution in [3.05, 3.63) is 48.2 Å². The fourth-order valence-corrected chi connectivity index (χ4v) is 1.78. The molecule has 17 heavy (non-hydrogen) atoms. The Balaban J connectivity index is 2.07. The number of oxazole rings is 1. The van der Waals surface area contributed by atoms with Gasteiger partial charge in [-0.1, -0.05) is 19.1 Å². The van der Waals surface area contributed by atoms with E-state index in [0.717, 1.165) is 17.6 Å². The molecule has 0 radical (unpaired) electrons. The van der Waals surface area contributed by atoms with E-state index in [0.29, 0.717) is 11.5 Å². The van der Waals surface area contributed by atoms with Crippen LogP contribution >= 0.6 is 0 Å². The number of pyridine rings is 1. The molecule has 3 rings (SSSR count). The predicted molar refractivity (Wildman–Crippen MR) is 66.6 cm³/mol. The molecule has 0 unspecified atom stereocenters. The number of aromatic nitrogens is 2. The van der Waals surface area contributed by atoms with Crippen molar-refractivity contribution < 1.29 is 4.42 Å². The van der Waals surface area contributed by atoms with Gasteiger partial charge in [-0.25, -0.2) is 4.98 Å². The first-order valence-corrected chi connectivity index (χ1v) is 5.67. The summed E-state index contributed by atoms with van der Waals surface area (Å²) in [6.07, 6.45) is 2.75. The van der Waals surface area contributed by atoms with Crippen LogP contribution in [0.1, 0.15) is 12.5 Å². The molecular formula is C14H12N2O. The molecule has 0 saturated heterocycles. The van der Waals surface area contributed by atoms with Gasteiger partial charge in [0.1, 0.15) is 0 Å². The monoisotopic (exact) mass is 224 g/mol. The number of hydrogen-bond donors (Lipinski definition) is 0. The summed E-state index contributed by atoms with van der Waals surface area (Å²) in [5.74, 6) is 0.626.